The zero-order valence-electron chi connectivity index (χ0n) is 13.8. The number of nitrogens with zero attached hydrogens (tertiary/aromatic N) is 6. The standard InChI is InChI=1S/C17H22N6O/c1-14-3-4-16-18-9-15(23(16)10-14)11-21-7-2-5-17(24,12-21)13-22-8-6-19-20-22/h3-4,6,8-10,24H,2,5,7,11-13H2,1H3. The fraction of sp³-hybridized carbons (Fsp3) is 0.471. The molecule has 3 aromatic rings. The summed E-state index contributed by atoms with van der Waals surface area (Å²) in [5.74, 6) is 0. The highest BCUT2D eigenvalue weighted by Gasteiger charge is 2.34. The zero-order chi connectivity index (χ0) is 16.6. The SMILES string of the molecule is Cc1ccc2ncc(CN3CCCC(O)(Cn4ccnn4)C3)n2c1. The molecule has 1 aliphatic heterocycles. The normalized spacial score (nSPS) is 22.2. The molecular weight excluding hydrogens is 304 g/mol. The first-order valence-corrected chi connectivity index (χ1v) is 8.33. The number of imidazole rings is 1. The molecule has 1 fully saturated rings. The van der Waals surface area contributed by atoms with Gasteiger partial charge in [-0.2, -0.15) is 0 Å². The lowest BCUT2D eigenvalue weighted by atomic mass is 9.92. The molecule has 0 aromatic carbocycles. The summed E-state index contributed by atoms with van der Waals surface area (Å²) in [4.78, 5) is 6.77. The highest BCUT2D eigenvalue weighted by molar-refractivity contribution is 5.41. The van der Waals surface area contributed by atoms with Crippen LogP contribution in [0, 0.1) is 6.92 Å². The van der Waals surface area contributed by atoms with Crippen molar-refractivity contribution in [3.8, 4) is 0 Å². The van der Waals surface area contributed by atoms with E-state index in [0.717, 1.165) is 37.3 Å². The minimum Gasteiger partial charge on any atom is -0.387 e. The van der Waals surface area contributed by atoms with E-state index in [4.69, 9.17) is 0 Å². The Labute approximate surface area is 140 Å². The van der Waals surface area contributed by atoms with Crippen LogP contribution < -0.4 is 0 Å². The Bertz CT molecular complexity index is 827. The minimum atomic E-state index is -0.762. The summed E-state index contributed by atoms with van der Waals surface area (Å²) in [5.41, 5.74) is 2.56. The fourth-order valence-corrected chi connectivity index (χ4v) is 3.57. The van der Waals surface area contributed by atoms with Crippen molar-refractivity contribution >= 4 is 5.65 Å². The fourth-order valence-electron chi connectivity index (χ4n) is 3.57. The molecule has 0 spiro atoms. The van der Waals surface area contributed by atoms with Gasteiger partial charge in [0, 0.05) is 25.5 Å². The first-order valence-electron chi connectivity index (χ1n) is 8.33. The first-order chi connectivity index (χ1) is 11.6. The van der Waals surface area contributed by atoms with Gasteiger partial charge < -0.3 is 9.51 Å². The average molecular weight is 326 g/mol. The molecule has 126 valence electrons. The molecule has 0 amide bonds. The average Bonchev–Trinajstić information content (AvgIpc) is 3.17. The largest absolute Gasteiger partial charge is 0.387 e. The maximum Gasteiger partial charge on any atom is 0.136 e. The van der Waals surface area contributed by atoms with Crippen LogP contribution in [0.25, 0.3) is 5.65 Å². The van der Waals surface area contributed by atoms with Crippen LogP contribution in [-0.2, 0) is 13.1 Å². The van der Waals surface area contributed by atoms with Crippen LogP contribution in [-0.4, -0.2) is 53.1 Å². The number of pyridine rings is 1. The molecule has 1 unspecified atom stereocenters. The van der Waals surface area contributed by atoms with E-state index in [2.05, 4.69) is 43.8 Å². The molecule has 3 aromatic heterocycles. The van der Waals surface area contributed by atoms with Crippen molar-refractivity contribution in [2.75, 3.05) is 13.1 Å². The Morgan fingerprint density at radius 3 is 3.08 bits per heavy atom. The van der Waals surface area contributed by atoms with Crippen molar-refractivity contribution in [1.82, 2.24) is 29.3 Å². The van der Waals surface area contributed by atoms with Crippen LogP contribution in [0.2, 0.25) is 0 Å². The molecule has 0 aliphatic carbocycles. The molecule has 0 bridgehead atoms. The number of aromatic nitrogens is 5. The lowest BCUT2D eigenvalue weighted by Gasteiger charge is -2.38. The number of aryl methyl sites for hydroxylation is 1. The third-order valence-corrected chi connectivity index (χ3v) is 4.68. The Kier molecular flexibility index (Phi) is 3.82. The summed E-state index contributed by atoms with van der Waals surface area (Å²) in [6, 6.07) is 4.11. The van der Waals surface area contributed by atoms with Gasteiger partial charge in [0.15, 0.2) is 0 Å². The lowest BCUT2D eigenvalue weighted by Crippen LogP contribution is -2.50. The minimum absolute atomic E-state index is 0.482. The number of hydrogen-bond acceptors (Lipinski definition) is 5. The second kappa shape index (κ2) is 5.99. The molecule has 1 aliphatic rings. The summed E-state index contributed by atoms with van der Waals surface area (Å²) >= 11 is 0. The Hall–Kier alpha value is -2.25. The number of aliphatic hydroxyl groups is 1. The second-order valence-electron chi connectivity index (χ2n) is 6.82. The number of hydrogen-bond donors (Lipinski definition) is 1. The highest BCUT2D eigenvalue weighted by Crippen LogP contribution is 2.24. The number of rotatable bonds is 4. The summed E-state index contributed by atoms with van der Waals surface area (Å²) in [7, 11) is 0. The molecule has 7 heteroatoms. The van der Waals surface area contributed by atoms with Gasteiger partial charge in [0.2, 0.25) is 0 Å². The van der Waals surface area contributed by atoms with E-state index in [1.54, 1.807) is 17.1 Å². The summed E-state index contributed by atoms with van der Waals surface area (Å²) < 4.78 is 3.85. The van der Waals surface area contributed by atoms with Gasteiger partial charge in [0.1, 0.15) is 5.65 Å². The van der Waals surface area contributed by atoms with Gasteiger partial charge in [0.05, 0.1) is 30.2 Å². The maximum atomic E-state index is 10.9. The van der Waals surface area contributed by atoms with Crippen molar-refractivity contribution in [2.45, 2.75) is 38.5 Å². The van der Waals surface area contributed by atoms with Crippen LogP contribution in [0.1, 0.15) is 24.1 Å². The van der Waals surface area contributed by atoms with E-state index in [-0.39, 0.29) is 0 Å². The zero-order valence-corrected chi connectivity index (χ0v) is 13.8. The van der Waals surface area contributed by atoms with Gasteiger partial charge in [-0.3, -0.25) is 4.90 Å². The predicted octanol–water partition coefficient (Wildman–Crippen LogP) is 1.26. The van der Waals surface area contributed by atoms with Gasteiger partial charge in [-0.1, -0.05) is 11.3 Å². The van der Waals surface area contributed by atoms with Crippen molar-refractivity contribution in [3.05, 3.63) is 48.2 Å². The van der Waals surface area contributed by atoms with Crippen molar-refractivity contribution in [1.29, 1.82) is 0 Å². The second-order valence-corrected chi connectivity index (χ2v) is 6.82. The van der Waals surface area contributed by atoms with Crippen LogP contribution in [0.4, 0.5) is 0 Å². The molecule has 4 rings (SSSR count). The van der Waals surface area contributed by atoms with Crippen molar-refractivity contribution < 1.29 is 5.11 Å². The molecule has 7 nitrogen and oxygen atoms in total. The topological polar surface area (TPSA) is 71.5 Å². The highest BCUT2D eigenvalue weighted by atomic mass is 16.3. The first kappa shape index (κ1) is 15.3. The Morgan fingerprint density at radius 2 is 2.25 bits per heavy atom. The summed E-state index contributed by atoms with van der Waals surface area (Å²) in [6.45, 7) is 4.96. The predicted molar refractivity (Wildman–Crippen MR) is 89.4 cm³/mol. The van der Waals surface area contributed by atoms with Crippen LogP contribution in [0.15, 0.2) is 36.9 Å². The third kappa shape index (κ3) is 3.05. The smallest absolute Gasteiger partial charge is 0.136 e. The number of piperidine rings is 1. The molecule has 1 atom stereocenters. The molecule has 4 heterocycles. The van der Waals surface area contributed by atoms with E-state index in [1.807, 2.05) is 12.3 Å². The lowest BCUT2D eigenvalue weighted by molar-refractivity contribution is -0.0481. The third-order valence-electron chi connectivity index (χ3n) is 4.68. The molecule has 24 heavy (non-hydrogen) atoms. The Morgan fingerprint density at radius 1 is 1.33 bits per heavy atom. The monoisotopic (exact) mass is 326 g/mol. The van der Waals surface area contributed by atoms with Gasteiger partial charge in [-0.25, -0.2) is 9.67 Å². The Balaban J connectivity index is 1.50. The number of likely N-dealkylation sites (tertiary alicyclic amines) is 1. The van der Waals surface area contributed by atoms with Gasteiger partial charge >= 0.3 is 0 Å². The molecule has 0 radical (unpaired) electrons. The maximum absolute atomic E-state index is 10.9. The van der Waals surface area contributed by atoms with E-state index >= 15 is 0 Å². The van der Waals surface area contributed by atoms with E-state index in [0.29, 0.717) is 13.1 Å². The van der Waals surface area contributed by atoms with Gasteiger partial charge in [-0.15, -0.1) is 5.10 Å². The van der Waals surface area contributed by atoms with Crippen LogP contribution in [0.3, 0.4) is 0 Å². The van der Waals surface area contributed by atoms with Crippen LogP contribution in [0.5, 0.6) is 0 Å². The number of β-amino-alcohol motifs (C(OH)–C–C–N with tert-alkyl or cyclic N) is 1. The number of fused-ring (bicyclic) bond motifs is 1. The molecule has 0 saturated carbocycles. The van der Waals surface area contributed by atoms with Crippen molar-refractivity contribution in [2.24, 2.45) is 0 Å². The van der Waals surface area contributed by atoms with Gasteiger partial charge in [0.25, 0.3) is 0 Å². The van der Waals surface area contributed by atoms with E-state index in [9.17, 15) is 5.11 Å². The van der Waals surface area contributed by atoms with Crippen LogP contribution >= 0.6 is 0 Å². The van der Waals surface area contributed by atoms with Gasteiger partial charge in [-0.05, 0) is 37.9 Å². The summed E-state index contributed by atoms with van der Waals surface area (Å²) in [6.07, 6.45) is 9.24. The molecule has 1 N–H and O–H groups in total. The van der Waals surface area contributed by atoms with E-state index in [1.165, 1.54) is 5.56 Å². The summed E-state index contributed by atoms with van der Waals surface area (Å²) in [5, 5.41) is 18.7. The van der Waals surface area contributed by atoms with E-state index < -0.39 is 5.60 Å². The molecular formula is C17H22N6O. The molecule has 1 saturated heterocycles. The van der Waals surface area contributed by atoms with Crippen molar-refractivity contribution in [3.63, 3.8) is 0 Å². The quantitative estimate of drug-likeness (QED) is 0.781.